The Morgan fingerprint density at radius 3 is 2.83 bits per heavy atom. The molecular formula is C19H28N4O. The summed E-state index contributed by atoms with van der Waals surface area (Å²) in [5.41, 5.74) is 1.72. The Morgan fingerprint density at radius 1 is 1.29 bits per heavy atom. The molecule has 0 saturated carbocycles. The molecule has 0 unspecified atom stereocenters. The van der Waals surface area contributed by atoms with Gasteiger partial charge in [0.15, 0.2) is 0 Å². The zero-order chi connectivity index (χ0) is 17.4. The number of anilines is 1. The number of nitrogens with one attached hydrogen (secondary N) is 1. The van der Waals surface area contributed by atoms with Gasteiger partial charge in [0.25, 0.3) is 0 Å². The highest BCUT2D eigenvalue weighted by molar-refractivity contribution is 5.78. The topological polar surface area (TPSA) is 59.4 Å². The van der Waals surface area contributed by atoms with Crippen LogP contribution >= 0.6 is 0 Å². The van der Waals surface area contributed by atoms with Crippen molar-refractivity contribution in [2.24, 2.45) is 0 Å². The lowest BCUT2D eigenvalue weighted by molar-refractivity contribution is -0.122. The number of hydrogen-bond donors (Lipinski definition) is 1. The lowest BCUT2D eigenvalue weighted by Gasteiger charge is -2.24. The number of hydrogen-bond acceptors (Lipinski definition) is 4. The molecule has 0 aliphatic carbocycles. The first-order valence-corrected chi connectivity index (χ1v) is 8.89. The summed E-state index contributed by atoms with van der Waals surface area (Å²) in [7, 11) is 0. The lowest BCUT2D eigenvalue weighted by atomic mass is 10.1. The molecule has 1 atom stereocenters. The van der Waals surface area contributed by atoms with E-state index in [1.807, 2.05) is 24.3 Å². The van der Waals surface area contributed by atoms with Gasteiger partial charge in [-0.15, -0.1) is 0 Å². The summed E-state index contributed by atoms with van der Waals surface area (Å²) < 4.78 is 0. The van der Waals surface area contributed by atoms with Crippen molar-refractivity contribution in [3.05, 3.63) is 29.8 Å². The number of rotatable bonds is 6. The first-order chi connectivity index (χ1) is 11.6. The monoisotopic (exact) mass is 328 g/mol. The lowest BCUT2D eigenvalue weighted by Crippen LogP contribution is -2.42. The zero-order valence-corrected chi connectivity index (χ0v) is 14.8. The maximum atomic E-state index is 12.2. The largest absolute Gasteiger partial charge is 0.369 e. The molecule has 1 aromatic carbocycles. The van der Waals surface area contributed by atoms with E-state index in [4.69, 9.17) is 0 Å². The minimum Gasteiger partial charge on any atom is -0.369 e. The van der Waals surface area contributed by atoms with Crippen LogP contribution in [-0.2, 0) is 4.79 Å². The van der Waals surface area contributed by atoms with Crippen molar-refractivity contribution < 1.29 is 4.79 Å². The van der Waals surface area contributed by atoms with Crippen molar-refractivity contribution in [2.75, 3.05) is 37.6 Å². The van der Waals surface area contributed by atoms with Crippen LogP contribution in [0.5, 0.6) is 0 Å². The normalized spacial score (nSPS) is 17.0. The zero-order valence-electron chi connectivity index (χ0n) is 14.8. The van der Waals surface area contributed by atoms with Crippen LogP contribution in [0.15, 0.2) is 24.3 Å². The molecule has 1 aromatic rings. The van der Waals surface area contributed by atoms with Gasteiger partial charge in [0.2, 0.25) is 5.91 Å². The van der Waals surface area contributed by atoms with E-state index in [9.17, 15) is 10.1 Å². The highest BCUT2D eigenvalue weighted by Crippen LogP contribution is 2.21. The van der Waals surface area contributed by atoms with E-state index in [2.05, 4.69) is 35.0 Å². The Balaban J connectivity index is 1.89. The van der Waals surface area contributed by atoms with E-state index in [0.29, 0.717) is 6.54 Å². The number of carbonyl (C=O) groups is 1. The van der Waals surface area contributed by atoms with E-state index >= 15 is 0 Å². The predicted octanol–water partition coefficient (Wildman–Crippen LogP) is 2.38. The first-order valence-electron chi connectivity index (χ1n) is 8.89. The van der Waals surface area contributed by atoms with Gasteiger partial charge in [-0.25, -0.2) is 0 Å². The SMILES string of the molecule is CCC[C@H](C)NC(=O)CN1CCCN(c2ccccc2C#N)CC1. The second-order valence-electron chi connectivity index (χ2n) is 6.50. The van der Waals surface area contributed by atoms with E-state index < -0.39 is 0 Å². The van der Waals surface area contributed by atoms with Gasteiger partial charge in [0, 0.05) is 32.2 Å². The number of nitrogens with zero attached hydrogens (tertiary/aromatic N) is 3. The predicted molar refractivity (Wildman–Crippen MR) is 96.9 cm³/mol. The summed E-state index contributed by atoms with van der Waals surface area (Å²) >= 11 is 0. The summed E-state index contributed by atoms with van der Waals surface area (Å²) in [5, 5.41) is 12.4. The molecule has 0 bridgehead atoms. The van der Waals surface area contributed by atoms with Crippen LogP contribution < -0.4 is 10.2 Å². The quantitative estimate of drug-likeness (QED) is 0.871. The molecule has 1 aliphatic heterocycles. The summed E-state index contributed by atoms with van der Waals surface area (Å²) in [6.07, 6.45) is 3.10. The third kappa shape index (κ3) is 5.24. The van der Waals surface area contributed by atoms with Crippen molar-refractivity contribution in [3.8, 4) is 6.07 Å². The van der Waals surface area contributed by atoms with Gasteiger partial charge in [0.1, 0.15) is 6.07 Å². The summed E-state index contributed by atoms with van der Waals surface area (Å²) in [6.45, 7) is 8.17. The van der Waals surface area contributed by atoms with Gasteiger partial charge in [-0.05, 0) is 31.9 Å². The van der Waals surface area contributed by atoms with Crippen LogP contribution in [0.2, 0.25) is 0 Å². The van der Waals surface area contributed by atoms with Gasteiger partial charge in [0.05, 0.1) is 17.8 Å². The molecule has 1 amide bonds. The maximum absolute atomic E-state index is 12.2. The molecule has 1 heterocycles. The third-order valence-electron chi connectivity index (χ3n) is 4.45. The Hall–Kier alpha value is -2.06. The average molecular weight is 328 g/mol. The van der Waals surface area contributed by atoms with Gasteiger partial charge in [-0.2, -0.15) is 5.26 Å². The fraction of sp³-hybridized carbons (Fsp3) is 0.579. The smallest absolute Gasteiger partial charge is 0.234 e. The van der Waals surface area contributed by atoms with Crippen LogP contribution in [0.3, 0.4) is 0 Å². The van der Waals surface area contributed by atoms with E-state index in [0.717, 1.165) is 56.7 Å². The van der Waals surface area contributed by atoms with Gasteiger partial charge < -0.3 is 10.2 Å². The Morgan fingerprint density at radius 2 is 2.08 bits per heavy atom. The van der Waals surface area contributed by atoms with Crippen molar-refractivity contribution >= 4 is 11.6 Å². The molecular weight excluding hydrogens is 300 g/mol. The van der Waals surface area contributed by atoms with Crippen molar-refractivity contribution in [1.29, 1.82) is 5.26 Å². The van der Waals surface area contributed by atoms with Crippen LogP contribution in [-0.4, -0.2) is 49.6 Å². The molecule has 5 nitrogen and oxygen atoms in total. The summed E-state index contributed by atoms with van der Waals surface area (Å²) in [6, 6.07) is 10.3. The van der Waals surface area contributed by atoms with Crippen LogP contribution in [0.25, 0.3) is 0 Å². The Bertz CT molecular complexity index is 581. The van der Waals surface area contributed by atoms with Gasteiger partial charge in [-0.3, -0.25) is 9.69 Å². The van der Waals surface area contributed by atoms with Crippen molar-refractivity contribution in [1.82, 2.24) is 10.2 Å². The van der Waals surface area contributed by atoms with Crippen molar-refractivity contribution in [3.63, 3.8) is 0 Å². The average Bonchev–Trinajstić information content (AvgIpc) is 2.80. The number of carbonyl (C=O) groups excluding carboxylic acids is 1. The molecule has 24 heavy (non-hydrogen) atoms. The maximum Gasteiger partial charge on any atom is 0.234 e. The number of benzene rings is 1. The minimum atomic E-state index is 0.113. The highest BCUT2D eigenvalue weighted by atomic mass is 16.2. The minimum absolute atomic E-state index is 0.113. The molecule has 1 fully saturated rings. The first kappa shape index (κ1) is 18.3. The van der Waals surface area contributed by atoms with Gasteiger partial charge >= 0.3 is 0 Å². The highest BCUT2D eigenvalue weighted by Gasteiger charge is 2.19. The molecule has 1 saturated heterocycles. The van der Waals surface area contributed by atoms with E-state index in [-0.39, 0.29) is 11.9 Å². The van der Waals surface area contributed by atoms with Crippen LogP contribution in [0.1, 0.15) is 38.7 Å². The van der Waals surface area contributed by atoms with E-state index in [1.165, 1.54) is 0 Å². The Kier molecular flexibility index (Phi) is 7.07. The van der Waals surface area contributed by atoms with Crippen LogP contribution in [0.4, 0.5) is 5.69 Å². The molecule has 1 N–H and O–H groups in total. The molecule has 0 spiro atoms. The number of nitriles is 1. The fourth-order valence-corrected chi connectivity index (χ4v) is 3.24. The summed E-state index contributed by atoms with van der Waals surface area (Å²) in [4.78, 5) is 16.6. The summed E-state index contributed by atoms with van der Waals surface area (Å²) in [5.74, 6) is 0.113. The molecule has 1 aliphatic rings. The third-order valence-corrected chi connectivity index (χ3v) is 4.45. The molecule has 130 valence electrons. The van der Waals surface area contributed by atoms with Gasteiger partial charge in [-0.1, -0.05) is 25.5 Å². The van der Waals surface area contributed by atoms with Crippen LogP contribution in [0, 0.1) is 11.3 Å². The van der Waals surface area contributed by atoms with Crippen molar-refractivity contribution in [2.45, 2.75) is 39.2 Å². The number of para-hydroxylation sites is 1. The number of amides is 1. The molecule has 0 radical (unpaired) electrons. The molecule has 2 rings (SSSR count). The second-order valence-corrected chi connectivity index (χ2v) is 6.50. The fourth-order valence-electron chi connectivity index (χ4n) is 3.24. The molecule has 0 aromatic heterocycles. The van der Waals surface area contributed by atoms with E-state index in [1.54, 1.807) is 0 Å². The Labute approximate surface area is 145 Å². The second kappa shape index (κ2) is 9.29. The standard InChI is InChI=1S/C19H28N4O/c1-3-7-16(2)21-19(24)15-22-10-6-11-23(13-12-22)18-9-5-4-8-17(18)14-20/h4-5,8-9,16H,3,6-7,10-13,15H2,1-2H3,(H,21,24)/t16-/m0/s1. The molecule has 5 heteroatoms.